The summed E-state index contributed by atoms with van der Waals surface area (Å²) in [5.74, 6) is -0.363. The van der Waals surface area contributed by atoms with E-state index in [0.29, 0.717) is 5.75 Å². The second kappa shape index (κ2) is 6.94. The molecular weight excluding hydrogens is 413 g/mol. The molecule has 126 valence electrons. The number of carbonyl (C=O) groups excluding carboxylic acids is 1. The Morgan fingerprint density at radius 2 is 1.96 bits per heavy atom. The number of aliphatic carboxylic acids is 1. The first kappa shape index (κ1) is 17.8. The fourth-order valence-corrected chi connectivity index (χ4v) is 2.87. The minimum atomic E-state index is -1.05. The average molecular weight is 433 g/mol. The molecule has 1 heterocycles. The monoisotopic (exact) mass is 433 g/mol. The van der Waals surface area contributed by atoms with Crippen LogP contribution in [0.4, 0.5) is 4.79 Å². The van der Waals surface area contributed by atoms with Gasteiger partial charge in [-0.3, -0.25) is 4.90 Å². The highest BCUT2D eigenvalue weighted by Crippen LogP contribution is 2.27. The molecule has 7 heteroatoms. The number of hydrogen-bond donors (Lipinski definition) is 1. The maximum absolute atomic E-state index is 12.2. The van der Waals surface area contributed by atoms with Crippen molar-refractivity contribution < 1.29 is 24.2 Å². The van der Waals surface area contributed by atoms with Crippen LogP contribution in [0.25, 0.3) is 0 Å². The number of carbonyl (C=O) groups is 2. The van der Waals surface area contributed by atoms with Crippen molar-refractivity contribution in [3.8, 4) is 5.75 Å². The van der Waals surface area contributed by atoms with Crippen LogP contribution in [0.2, 0.25) is 0 Å². The molecule has 0 aromatic heterocycles. The smallest absolute Gasteiger partial charge is 0.411 e. The van der Waals surface area contributed by atoms with Crippen LogP contribution < -0.4 is 4.74 Å². The lowest BCUT2D eigenvalue weighted by molar-refractivity contribution is -0.142. The number of likely N-dealkylation sites (tertiary alicyclic amines) is 1. The zero-order valence-corrected chi connectivity index (χ0v) is 15.4. The largest absolute Gasteiger partial charge is 0.487 e. The van der Waals surface area contributed by atoms with Crippen LogP contribution in [0.5, 0.6) is 5.75 Å². The number of nitrogens with zero attached hydrogens (tertiary/aromatic N) is 1. The van der Waals surface area contributed by atoms with Gasteiger partial charge in [0.15, 0.2) is 0 Å². The van der Waals surface area contributed by atoms with Gasteiger partial charge in [-0.15, -0.1) is 0 Å². The van der Waals surface area contributed by atoms with E-state index in [1.165, 1.54) is 4.90 Å². The number of ether oxygens (including phenoxy) is 2. The number of benzene rings is 1. The highest BCUT2D eigenvalue weighted by molar-refractivity contribution is 14.1. The van der Waals surface area contributed by atoms with Crippen molar-refractivity contribution in [3.63, 3.8) is 0 Å². The van der Waals surface area contributed by atoms with Gasteiger partial charge in [0.25, 0.3) is 0 Å². The zero-order valence-electron chi connectivity index (χ0n) is 13.3. The van der Waals surface area contributed by atoms with Gasteiger partial charge in [0.05, 0.1) is 10.1 Å². The maximum Gasteiger partial charge on any atom is 0.411 e. The SMILES string of the molecule is CC(C)(C)OC(=O)N1CC(Oc2ccccc2I)CC1C(=O)O. The summed E-state index contributed by atoms with van der Waals surface area (Å²) < 4.78 is 12.1. The fraction of sp³-hybridized carbons (Fsp3) is 0.500. The lowest BCUT2D eigenvalue weighted by atomic mass is 10.2. The lowest BCUT2D eigenvalue weighted by Crippen LogP contribution is -2.43. The van der Waals surface area contributed by atoms with E-state index in [1.807, 2.05) is 24.3 Å². The minimum absolute atomic E-state index is 0.191. The van der Waals surface area contributed by atoms with Crippen molar-refractivity contribution in [2.45, 2.75) is 44.9 Å². The van der Waals surface area contributed by atoms with Crippen LogP contribution in [0, 0.1) is 3.57 Å². The van der Waals surface area contributed by atoms with E-state index in [9.17, 15) is 14.7 Å². The molecule has 1 fully saturated rings. The van der Waals surface area contributed by atoms with E-state index >= 15 is 0 Å². The van der Waals surface area contributed by atoms with Gasteiger partial charge in [0.1, 0.15) is 23.5 Å². The third-order valence-corrected chi connectivity index (χ3v) is 4.20. The predicted molar refractivity (Wildman–Crippen MR) is 92.6 cm³/mol. The van der Waals surface area contributed by atoms with Crippen molar-refractivity contribution >= 4 is 34.7 Å². The van der Waals surface area contributed by atoms with Gasteiger partial charge < -0.3 is 14.6 Å². The second-order valence-electron chi connectivity index (χ2n) is 6.39. The third kappa shape index (κ3) is 4.73. The van der Waals surface area contributed by atoms with Crippen LogP contribution in [-0.4, -0.2) is 46.4 Å². The summed E-state index contributed by atoms with van der Waals surface area (Å²) in [6.07, 6.45) is -0.766. The number of amides is 1. The first-order chi connectivity index (χ1) is 10.7. The van der Waals surface area contributed by atoms with Crippen molar-refractivity contribution in [2.24, 2.45) is 0 Å². The van der Waals surface area contributed by atoms with Gasteiger partial charge in [0, 0.05) is 6.42 Å². The molecule has 0 bridgehead atoms. The number of halogens is 1. The molecule has 1 saturated heterocycles. The number of carboxylic acids is 1. The van der Waals surface area contributed by atoms with Crippen LogP contribution in [0.15, 0.2) is 24.3 Å². The Balaban J connectivity index is 2.10. The van der Waals surface area contributed by atoms with E-state index < -0.39 is 23.7 Å². The van der Waals surface area contributed by atoms with Gasteiger partial charge in [-0.05, 0) is 55.5 Å². The molecule has 1 aromatic rings. The molecule has 2 atom stereocenters. The summed E-state index contributed by atoms with van der Waals surface area (Å²) in [7, 11) is 0. The third-order valence-electron chi connectivity index (χ3n) is 3.31. The van der Waals surface area contributed by atoms with E-state index in [0.717, 1.165) is 3.57 Å². The number of rotatable bonds is 3. The summed E-state index contributed by atoms with van der Waals surface area (Å²) in [6.45, 7) is 5.43. The topological polar surface area (TPSA) is 76.1 Å². The minimum Gasteiger partial charge on any atom is -0.487 e. The van der Waals surface area contributed by atoms with Gasteiger partial charge in [-0.2, -0.15) is 0 Å². The van der Waals surface area contributed by atoms with Crippen molar-refractivity contribution in [2.75, 3.05) is 6.54 Å². The average Bonchev–Trinajstić information content (AvgIpc) is 2.84. The quantitative estimate of drug-likeness (QED) is 0.742. The van der Waals surface area contributed by atoms with E-state index in [4.69, 9.17) is 9.47 Å². The molecule has 23 heavy (non-hydrogen) atoms. The molecule has 1 N–H and O–H groups in total. The Hall–Kier alpha value is -1.51. The molecule has 1 aromatic carbocycles. The van der Waals surface area contributed by atoms with E-state index in [2.05, 4.69) is 22.6 Å². The van der Waals surface area contributed by atoms with Crippen LogP contribution in [0.1, 0.15) is 27.2 Å². The summed E-state index contributed by atoms with van der Waals surface area (Å²) in [5, 5.41) is 9.36. The Morgan fingerprint density at radius 3 is 2.52 bits per heavy atom. The van der Waals surface area contributed by atoms with Crippen molar-refractivity contribution in [1.82, 2.24) is 4.90 Å². The molecule has 1 aliphatic rings. The molecule has 1 amide bonds. The number of carboxylic acid groups (broad SMARTS) is 1. The molecular formula is C16H20INO5. The number of hydrogen-bond acceptors (Lipinski definition) is 4. The van der Waals surface area contributed by atoms with Crippen LogP contribution >= 0.6 is 22.6 Å². The van der Waals surface area contributed by atoms with E-state index in [1.54, 1.807) is 20.8 Å². The standard InChI is InChI=1S/C16H20INO5/c1-16(2,3)23-15(21)18-9-10(8-12(18)14(19)20)22-13-7-5-4-6-11(13)17/h4-7,10,12H,8-9H2,1-3H3,(H,19,20). The number of para-hydroxylation sites is 1. The molecule has 0 radical (unpaired) electrons. The molecule has 0 aliphatic carbocycles. The zero-order chi connectivity index (χ0) is 17.2. The summed E-state index contributed by atoms with van der Waals surface area (Å²) >= 11 is 2.16. The first-order valence-electron chi connectivity index (χ1n) is 7.31. The first-order valence-corrected chi connectivity index (χ1v) is 8.39. The van der Waals surface area contributed by atoms with Crippen LogP contribution in [-0.2, 0) is 9.53 Å². The van der Waals surface area contributed by atoms with Gasteiger partial charge in [0.2, 0.25) is 0 Å². The van der Waals surface area contributed by atoms with Gasteiger partial charge >= 0.3 is 12.1 Å². The van der Waals surface area contributed by atoms with Gasteiger partial charge in [-0.25, -0.2) is 9.59 Å². The Bertz CT molecular complexity index is 598. The van der Waals surface area contributed by atoms with E-state index in [-0.39, 0.29) is 19.1 Å². The molecule has 2 unspecified atom stereocenters. The van der Waals surface area contributed by atoms with Crippen LogP contribution in [0.3, 0.4) is 0 Å². The lowest BCUT2D eigenvalue weighted by Gasteiger charge is -2.26. The molecule has 0 spiro atoms. The maximum atomic E-state index is 12.2. The Morgan fingerprint density at radius 1 is 1.30 bits per heavy atom. The summed E-state index contributed by atoms with van der Waals surface area (Å²) in [4.78, 5) is 24.9. The highest BCUT2D eigenvalue weighted by atomic mass is 127. The molecule has 6 nitrogen and oxygen atoms in total. The predicted octanol–water partition coefficient (Wildman–Crippen LogP) is 3.13. The highest BCUT2D eigenvalue weighted by Gasteiger charge is 2.42. The summed E-state index contributed by atoms with van der Waals surface area (Å²) in [6, 6.07) is 6.55. The Kier molecular flexibility index (Phi) is 5.38. The summed E-state index contributed by atoms with van der Waals surface area (Å²) in [5.41, 5.74) is -0.673. The molecule has 0 saturated carbocycles. The van der Waals surface area contributed by atoms with Crippen molar-refractivity contribution in [1.29, 1.82) is 0 Å². The fourth-order valence-electron chi connectivity index (χ4n) is 2.36. The van der Waals surface area contributed by atoms with Crippen molar-refractivity contribution in [3.05, 3.63) is 27.8 Å². The van der Waals surface area contributed by atoms with Gasteiger partial charge in [-0.1, -0.05) is 12.1 Å². The second-order valence-corrected chi connectivity index (χ2v) is 7.55. The normalized spacial score (nSPS) is 21.1. The Labute approximate surface area is 148 Å². The molecule has 1 aliphatic heterocycles. The molecule has 2 rings (SSSR count).